The minimum atomic E-state index is -0.563. The van der Waals surface area contributed by atoms with Crippen molar-refractivity contribution in [2.45, 2.75) is 20.0 Å². The molecule has 0 radical (unpaired) electrons. The van der Waals surface area contributed by atoms with Crippen LogP contribution in [-0.2, 0) is 17.9 Å². The molecule has 1 aliphatic rings. The molecule has 1 aliphatic heterocycles. The molecule has 0 bridgehead atoms. The highest BCUT2D eigenvalue weighted by molar-refractivity contribution is 5.81. The maximum absolute atomic E-state index is 11.6. The zero-order valence-electron chi connectivity index (χ0n) is 7.82. The lowest BCUT2D eigenvalue weighted by molar-refractivity contribution is -0.133. The average Bonchev–Trinajstić information content (AvgIpc) is 2.74. The van der Waals surface area contributed by atoms with Crippen molar-refractivity contribution in [3.05, 3.63) is 17.5 Å². The Kier molecular flexibility index (Phi) is 1.97. The van der Waals surface area contributed by atoms with E-state index in [0.717, 1.165) is 11.3 Å². The summed E-state index contributed by atoms with van der Waals surface area (Å²) in [4.78, 5) is 13.3. The van der Waals surface area contributed by atoms with Crippen LogP contribution in [0.25, 0.3) is 0 Å². The van der Waals surface area contributed by atoms with Crippen molar-refractivity contribution in [2.24, 2.45) is 5.92 Å². The fraction of sp³-hybridized carbons (Fsp3) is 0.444. The number of hydrogen-bond donors (Lipinski definition) is 1. The molecule has 0 saturated heterocycles. The second-order valence-corrected chi connectivity index (χ2v) is 3.42. The molecule has 72 valence electrons. The lowest BCUT2D eigenvalue weighted by Crippen LogP contribution is -2.30. The van der Waals surface area contributed by atoms with E-state index in [1.807, 2.05) is 6.07 Å². The Bertz CT molecular complexity index is 383. The number of H-pyrrole nitrogens is 1. The number of carbonyl (C=O) groups is 1. The van der Waals surface area contributed by atoms with E-state index in [2.05, 4.69) is 10.2 Å². The first-order valence-electron chi connectivity index (χ1n) is 4.42. The SMILES string of the molecule is CC(C#N)C(=O)N1Cc2cn[nH]c2C1. The first-order chi connectivity index (χ1) is 6.72. The Morgan fingerprint density at radius 2 is 2.57 bits per heavy atom. The van der Waals surface area contributed by atoms with Crippen LogP contribution in [0.3, 0.4) is 0 Å². The highest BCUT2D eigenvalue weighted by Gasteiger charge is 2.27. The second-order valence-electron chi connectivity index (χ2n) is 3.42. The lowest BCUT2D eigenvalue weighted by atomic mass is 10.2. The molecule has 1 N–H and O–H groups in total. The number of nitrogens with zero attached hydrogens (tertiary/aromatic N) is 3. The molecule has 1 atom stereocenters. The van der Waals surface area contributed by atoms with Crippen molar-refractivity contribution in [2.75, 3.05) is 0 Å². The van der Waals surface area contributed by atoms with E-state index in [-0.39, 0.29) is 5.91 Å². The molecule has 5 heteroatoms. The number of aromatic amines is 1. The van der Waals surface area contributed by atoms with Crippen molar-refractivity contribution in [3.8, 4) is 6.07 Å². The van der Waals surface area contributed by atoms with Crippen LogP contribution in [0.2, 0.25) is 0 Å². The fourth-order valence-electron chi connectivity index (χ4n) is 1.55. The number of nitrogens with one attached hydrogen (secondary N) is 1. The van der Waals surface area contributed by atoms with E-state index in [1.54, 1.807) is 18.0 Å². The second kappa shape index (κ2) is 3.14. The van der Waals surface area contributed by atoms with Gasteiger partial charge >= 0.3 is 0 Å². The molecule has 1 aromatic rings. The zero-order valence-corrected chi connectivity index (χ0v) is 7.82. The van der Waals surface area contributed by atoms with E-state index in [4.69, 9.17) is 5.26 Å². The van der Waals surface area contributed by atoms with Crippen molar-refractivity contribution >= 4 is 5.91 Å². The quantitative estimate of drug-likeness (QED) is 0.697. The molecule has 1 unspecified atom stereocenters. The predicted molar refractivity (Wildman–Crippen MR) is 47.6 cm³/mol. The summed E-state index contributed by atoms with van der Waals surface area (Å²) in [5.74, 6) is -0.677. The molecule has 1 amide bonds. The molecule has 0 spiro atoms. The average molecular weight is 190 g/mol. The predicted octanol–water partition coefficient (Wildman–Crippen LogP) is 0.412. The molecule has 2 heterocycles. The standard InChI is InChI=1S/C9H10N4O/c1-6(2-10)9(14)13-4-7-3-11-12-8(7)5-13/h3,6H,4-5H2,1H3,(H,11,12). The molecule has 5 nitrogen and oxygen atoms in total. The number of hydrogen-bond acceptors (Lipinski definition) is 3. The number of aromatic nitrogens is 2. The van der Waals surface area contributed by atoms with Gasteiger partial charge in [0.15, 0.2) is 0 Å². The van der Waals surface area contributed by atoms with Crippen LogP contribution in [0, 0.1) is 17.2 Å². The summed E-state index contributed by atoms with van der Waals surface area (Å²) in [6, 6.07) is 1.94. The Balaban J connectivity index is 2.09. The van der Waals surface area contributed by atoms with Gasteiger partial charge in [0.1, 0.15) is 5.92 Å². The van der Waals surface area contributed by atoms with Gasteiger partial charge in [0, 0.05) is 12.1 Å². The van der Waals surface area contributed by atoms with E-state index < -0.39 is 5.92 Å². The molecular formula is C9H10N4O. The van der Waals surface area contributed by atoms with Gasteiger partial charge in [-0.2, -0.15) is 10.4 Å². The van der Waals surface area contributed by atoms with Gasteiger partial charge in [-0.1, -0.05) is 0 Å². The van der Waals surface area contributed by atoms with Gasteiger partial charge in [-0.05, 0) is 6.92 Å². The Hall–Kier alpha value is -1.83. The monoisotopic (exact) mass is 190 g/mol. The van der Waals surface area contributed by atoms with Crippen molar-refractivity contribution in [1.82, 2.24) is 15.1 Å². The summed E-state index contributed by atoms with van der Waals surface area (Å²) in [6.45, 7) is 2.73. The molecule has 0 aliphatic carbocycles. The molecule has 1 aromatic heterocycles. The molecule has 0 fully saturated rings. The summed E-state index contributed by atoms with van der Waals surface area (Å²) in [6.07, 6.45) is 1.72. The van der Waals surface area contributed by atoms with Crippen LogP contribution in [0.1, 0.15) is 18.2 Å². The maximum Gasteiger partial charge on any atom is 0.240 e. The van der Waals surface area contributed by atoms with Gasteiger partial charge in [0.25, 0.3) is 0 Å². The molecule has 0 saturated carbocycles. The van der Waals surface area contributed by atoms with Crippen LogP contribution in [-0.4, -0.2) is 21.0 Å². The lowest BCUT2D eigenvalue weighted by Gasteiger charge is -2.16. The smallest absolute Gasteiger partial charge is 0.240 e. The third-order valence-electron chi connectivity index (χ3n) is 2.39. The summed E-state index contributed by atoms with van der Waals surface area (Å²) in [5, 5.41) is 15.3. The largest absolute Gasteiger partial charge is 0.331 e. The molecule has 14 heavy (non-hydrogen) atoms. The molecule has 2 rings (SSSR count). The Morgan fingerprint density at radius 3 is 3.21 bits per heavy atom. The minimum Gasteiger partial charge on any atom is -0.331 e. The Labute approximate surface area is 81.3 Å². The van der Waals surface area contributed by atoms with E-state index >= 15 is 0 Å². The number of rotatable bonds is 1. The van der Waals surface area contributed by atoms with Crippen LogP contribution < -0.4 is 0 Å². The van der Waals surface area contributed by atoms with Gasteiger partial charge < -0.3 is 4.90 Å². The van der Waals surface area contributed by atoms with Gasteiger partial charge in [0.05, 0.1) is 24.5 Å². The van der Waals surface area contributed by atoms with Gasteiger partial charge in [0.2, 0.25) is 5.91 Å². The molecule has 0 aromatic carbocycles. The van der Waals surface area contributed by atoms with E-state index in [1.165, 1.54) is 0 Å². The summed E-state index contributed by atoms with van der Waals surface area (Å²) >= 11 is 0. The first-order valence-corrected chi connectivity index (χ1v) is 4.42. The van der Waals surface area contributed by atoms with Crippen molar-refractivity contribution < 1.29 is 4.79 Å². The van der Waals surface area contributed by atoms with Crippen LogP contribution in [0.5, 0.6) is 0 Å². The normalized spacial score (nSPS) is 16.1. The number of fused-ring (bicyclic) bond motifs is 1. The van der Waals surface area contributed by atoms with Crippen LogP contribution >= 0.6 is 0 Å². The molecular weight excluding hydrogens is 180 g/mol. The van der Waals surface area contributed by atoms with Crippen molar-refractivity contribution in [3.63, 3.8) is 0 Å². The van der Waals surface area contributed by atoms with Gasteiger partial charge in [-0.3, -0.25) is 9.89 Å². The van der Waals surface area contributed by atoms with Gasteiger partial charge in [-0.25, -0.2) is 0 Å². The highest BCUT2D eigenvalue weighted by atomic mass is 16.2. The Morgan fingerprint density at radius 1 is 1.79 bits per heavy atom. The topological polar surface area (TPSA) is 72.8 Å². The van der Waals surface area contributed by atoms with Gasteiger partial charge in [-0.15, -0.1) is 0 Å². The van der Waals surface area contributed by atoms with E-state index in [9.17, 15) is 4.79 Å². The minimum absolute atomic E-state index is 0.114. The summed E-state index contributed by atoms with van der Waals surface area (Å²) in [7, 11) is 0. The number of amides is 1. The maximum atomic E-state index is 11.6. The third kappa shape index (κ3) is 1.25. The number of nitriles is 1. The highest BCUT2D eigenvalue weighted by Crippen LogP contribution is 2.21. The van der Waals surface area contributed by atoms with Crippen molar-refractivity contribution in [1.29, 1.82) is 5.26 Å². The fourth-order valence-corrected chi connectivity index (χ4v) is 1.55. The number of carbonyl (C=O) groups excluding carboxylic acids is 1. The zero-order chi connectivity index (χ0) is 10.1. The summed E-state index contributed by atoms with van der Waals surface area (Å²) < 4.78 is 0. The summed E-state index contributed by atoms with van der Waals surface area (Å²) in [5.41, 5.74) is 2.02. The van der Waals surface area contributed by atoms with Crippen LogP contribution in [0.15, 0.2) is 6.20 Å². The van der Waals surface area contributed by atoms with Crippen LogP contribution in [0.4, 0.5) is 0 Å². The van der Waals surface area contributed by atoms with E-state index in [0.29, 0.717) is 13.1 Å². The third-order valence-corrected chi connectivity index (χ3v) is 2.39. The first kappa shape index (κ1) is 8.75.